The molecule has 1 aliphatic heterocycles. The number of aromatic amines is 1. The monoisotopic (exact) mass is 244 g/mol. The number of nitrogens with zero attached hydrogens (tertiary/aromatic N) is 1. The predicted octanol–water partition coefficient (Wildman–Crippen LogP) is 2.19. The third-order valence-electron chi connectivity index (χ3n) is 2.98. The van der Waals surface area contributed by atoms with Crippen molar-refractivity contribution in [1.82, 2.24) is 9.55 Å². The van der Waals surface area contributed by atoms with Crippen molar-refractivity contribution in [2.24, 2.45) is 0 Å². The van der Waals surface area contributed by atoms with Crippen molar-refractivity contribution >= 4 is 23.0 Å². The van der Waals surface area contributed by atoms with E-state index in [-0.39, 0.29) is 0 Å². The van der Waals surface area contributed by atoms with E-state index in [0.717, 1.165) is 35.5 Å². The lowest BCUT2D eigenvalue weighted by molar-refractivity contribution is 0.446. The molecule has 0 saturated carbocycles. The fourth-order valence-electron chi connectivity index (χ4n) is 2.13. The molecule has 1 fully saturated rings. The summed E-state index contributed by atoms with van der Waals surface area (Å²) in [7, 11) is -0.595. The fourth-order valence-corrected chi connectivity index (χ4v) is 3.73. The van der Waals surface area contributed by atoms with Crippen LogP contribution in [0.5, 0.6) is 0 Å². The standard InChI is InChI=1S/C10H16N2OS2/c1-2-8-7-11-10(14)12(8)9-3-5-15(13)6-4-9/h7,9H,2-6H2,1H3,(H,11,14). The summed E-state index contributed by atoms with van der Waals surface area (Å²) in [6.45, 7) is 2.13. The summed E-state index contributed by atoms with van der Waals surface area (Å²) >= 11 is 5.28. The average molecular weight is 244 g/mol. The Labute approximate surface area is 97.4 Å². The molecule has 0 amide bonds. The molecule has 5 heteroatoms. The van der Waals surface area contributed by atoms with Gasteiger partial charge in [-0.25, -0.2) is 0 Å². The first-order chi connectivity index (χ1) is 7.22. The molecule has 15 heavy (non-hydrogen) atoms. The van der Waals surface area contributed by atoms with Crippen molar-refractivity contribution in [1.29, 1.82) is 0 Å². The van der Waals surface area contributed by atoms with Crippen LogP contribution >= 0.6 is 12.2 Å². The van der Waals surface area contributed by atoms with Gasteiger partial charge in [-0.2, -0.15) is 0 Å². The predicted molar refractivity (Wildman–Crippen MR) is 65.1 cm³/mol. The van der Waals surface area contributed by atoms with Gasteiger partial charge < -0.3 is 9.55 Å². The van der Waals surface area contributed by atoms with Crippen molar-refractivity contribution in [3.63, 3.8) is 0 Å². The van der Waals surface area contributed by atoms with E-state index in [2.05, 4.69) is 16.5 Å². The van der Waals surface area contributed by atoms with Crippen LogP contribution in [-0.4, -0.2) is 25.3 Å². The van der Waals surface area contributed by atoms with Crippen LogP contribution in [0.1, 0.15) is 31.5 Å². The fraction of sp³-hybridized carbons (Fsp3) is 0.700. The first-order valence-electron chi connectivity index (χ1n) is 5.36. The van der Waals surface area contributed by atoms with Gasteiger partial charge in [0.15, 0.2) is 4.77 Å². The Balaban J connectivity index is 2.25. The number of hydrogen-bond donors (Lipinski definition) is 1. The summed E-state index contributed by atoms with van der Waals surface area (Å²) in [5, 5.41) is 0. The van der Waals surface area contributed by atoms with Gasteiger partial charge in [0.05, 0.1) is 0 Å². The number of rotatable bonds is 2. The third-order valence-corrected chi connectivity index (χ3v) is 4.67. The van der Waals surface area contributed by atoms with Crippen LogP contribution in [0.3, 0.4) is 0 Å². The Morgan fingerprint density at radius 3 is 2.87 bits per heavy atom. The zero-order valence-corrected chi connectivity index (χ0v) is 10.5. The van der Waals surface area contributed by atoms with E-state index in [4.69, 9.17) is 12.2 Å². The van der Waals surface area contributed by atoms with Gasteiger partial charge in [-0.3, -0.25) is 4.21 Å². The summed E-state index contributed by atoms with van der Waals surface area (Å²) in [6.07, 6.45) is 4.97. The molecule has 0 aromatic carbocycles. The highest BCUT2D eigenvalue weighted by atomic mass is 32.2. The Kier molecular flexibility index (Phi) is 3.41. The number of nitrogens with one attached hydrogen (secondary N) is 1. The zero-order chi connectivity index (χ0) is 10.8. The summed E-state index contributed by atoms with van der Waals surface area (Å²) in [4.78, 5) is 3.10. The number of hydrogen-bond acceptors (Lipinski definition) is 2. The minimum Gasteiger partial charge on any atom is -0.337 e. The van der Waals surface area contributed by atoms with Crippen LogP contribution < -0.4 is 0 Å². The minimum atomic E-state index is -0.595. The molecule has 0 aliphatic carbocycles. The first kappa shape index (κ1) is 11.1. The molecule has 84 valence electrons. The van der Waals surface area contributed by atoms with Gasteiger partial charge in [-0.1, -0.05) is 6.92 Å². The quantitative estimate of drug-likeness (QED) is 0.810. The molecule has 3 nitrogen and oxygen atoms in total. The molecule has 1 aliphatic rings. The Bertz CT molecular complexity index is 411. The number of aromatic nitrogens is 2. The molecule has 1 saturated heterocycles. The van der Waals surface area contributed by atoms with E-state index in [1.54, 1.807) is 0 Å². The van der Waals surface area contributed by atoms with Crippen molar-refractivity contribution in [2.45, 2.75) is 32.2 Å². The van der Waals surface area contributed by atoms with Gasteiger partial charge in [-0.15, -0.1) is 0 Å². The number of imidazole rings is 1. The van der Waals surface area contributed by atoms with Crippen LogP contribution in [0.15, 0.2) is 6.20 Å². The molecular weight excluding hydrogens is 228 g/mol. The van der Waals surface area contributed by atoms with Crippen LogP contribution in [0, 0.1) is 4.77 Å². The van der Waals surface area contributed by atoms with Crippen LogP contribution in [0.4, 0.5) is 0 Å². The van der Waals surface area contributed by atoms with Crippen LogP contribution in [-0.2, 0) is 17.2 Å². The second-order valence-corrected chi connectivity index (χ2v) is 5.97. The molecule has 1 aromatic heterocycles. The van der Waals surface area contributed by atoms with Gasteiger partial charge in [0.2, 0.25) is 0 Å². The molecule has 2 rings (SSSR count). The molecule has 0 unspecified atom stereocenters. The third kappa shape index (κ3) is 2.23. The number of aryl methyl sites for hydroxylation is 1. The van der Waals surface area contributed by atoms with Gasteiger partial charge >= 0.3 is 0 Å². The van der Waals surface area contributed by atoms with Gasteiger partial charge in [0, 0.05) is 40.2 Å². The van der Waals surface area contributed by atoms with E-state index >= 15 is 0 Å². The van der Waals surface area contributed by atoms with Crippen molar-refractivity contribution in [2.75, 3.05) is 11.5 Å². The molecule has 0 radical (unpaired) electrons. The lowest BCUT2D eigenvalue weighted by Gasteiger charge is -2.24. The Morgan fingerprint density at radius 1 is 1.60 bits per heavy atom. The molecule has 0 atom stereocenters. The molecule has 2 heterocycles. The van der Waals surface area contributed by atoms with Crippen molar-refractivity contribution in [3.8, 4) is 0 Å². The van der Waals surface area contributed by atoms with Gasteiger partial charge in [0.1, 0.15) is 0 Å². The molecule has 1 N–H and O–H groups in total. The SMILES string of the molecule is CCc1c[nH]c(=S)n1C1CCS(=O)CC1. The normalized spacial score (nSPS) is 26.7. The lowest BCUT2D eigenvalue weighted by Crippen LogP contribution is -2.22. The lowest BCUT2D eigenvalue weighted by atomic mass is 10.1. The second-order valence-electron chi connectivity index (χ2n) is 3.89. The highest BCUT2D eigenvalue weighted by Crippen LogP contribution is 2.24. The summed E-state index contributed by atoms with van der Waals surface area (Å²) < 4.78 is 14.3. The smallest absolute Gasteiger partial charge is 0.177 e. The molecule has 0 spiro atoms. The minimum absolute atomic E-state index is 0.455. The zero-order valence-electron chi connectivity index (χ0n) is 8.86. The number of H-pyrrole nitrogens is 1. The van der Waals surface area contributed by atoms with E-state index in [1.807, 2.05) is 6.20 Å². The molecular formula is C10H16N2OS2. The first-order valence-corrected chi connectivity index (χ1v) is 7.25. The molecule has 0 bridgehead atoms. The highest BCUT2D eigenvalue weighted by Gasteiger charge is 2.21. The topological polar surface area (TPSA) is 37.8 Å². The summed E-state index contributed by atoms with van der Waals surface area (Å²) in [5.74, 6) is 1.64. The highest BCUT2D eigenvalue weighted by molar-refractivity contribution is 7.85. The Hall–Kier alpha value is -0.420. The maximum atomic E-state index is 11.3. The van der Waals surface area contributed by atoms with E-state index < -0.39 is 10.8 Å². The summed E-state index contributed by atoms with van der Waals surface area (Å²) in [5.41, 5.74) is 1.26. The Morgan fingerprint density at radius 2 is 2.27 bits per heavy atom. The van der Waals surface area contributed by atoms with Crippen molar-refractivity contribution in [3.05, 3.63) is 16.7 Å². The van der Waals surface area contributed by atoms with Crippen molar-refractivity contribution < 1.29 is 4.21 Å². The van der Waals surface area contributed by atoms with E-state index in [0.29, 0.717) is 6.04 Å². The van der Waals surface area contributed by atoms with Crippen LogP contribution in [0.2, 0.25) is 0 Å². The molecule has 1 aromatic rings. The van der Waals surface area contributed by atoms with Gasteiger partial charge in [0.25, 0.3) is 0 Å². The van der Waals surface area contributed by atoms with Crippen LogP contribution in [0.25, 0.3) is 0 Å². The van der Waals surface area contributed by atoms with E-state index in [9.17, 15) is 4.21 Å². The maximum absolute atomic E-state index is 11.3. The maximum Gasteiger partial charge on any atom is 0.177 e. The van der Waals surface area contributed by atoms with E-state index in [1.165, 1.54) is 5.69 Å². The average Bonchev–Trinajstić information content (AvgIpc) is 2.61. The second kappa shape index (κ2) is 4.61. The largest absolute Gasteiger partial charge is 0.337 e. The summed E-state index contributed by atoms with van der Waals surface area (Å²) in [6, 6.07) is 0.455. The van der Waals surface area contributed by atoms with Gasteiger partial charge in [-0.05, 0) is 31.5 Å².